The maximum atomic E-state index is 12.1. The van der Waals surface area contributed by atoms with Crippen molar-refractivity contribution in [1.29, 1.82) is 0 Å². The Morgan fingerprint density at radius 1 is 1.00 bits per heavy atom. The summed E-state index contributed by atoms with van der Waals surface area (Å²) in [5.41, 5.74) is 3.08. The van der Waals surface area contributed by atoms with E-state index in [0.29, 0.717) is 5.56 Å². The van der Waals surface area contributed by atoms with Crippen LogP contribution in [0.25, 0.3) is 0 Å². The summed E-state index contributed by atoms with van der Waals surface area (Å²) in [7, 11) is 0. The van der Waals surface area contributed by atoms with E-state index in [4.69, 9.17) is 4.74 Å². The fourth-order valence-electron chi connectivity index (χ4n) is 2.41. The number of benzene rings is 3. The largest absolute Gasteiger partial charge is 0.508 e. The van der Waals surface area contributed by atoms with Gasteiger partial charge < -0.3 is 9.84 Å². The first kappa shape index (κ1) is 20.2. The number of nitro benzene ring substituents is 1. The lowest BCUT2D eigenvalue weighted by Gasteiger charge is -2.04. The van der Waals surface area contributed by atoms with Gasteiger partial charge >= 0.3 is 5.97 Å². The Kier molecular flexibility index (Phi) is 6.14. The van der Waals surface area contributed by atoms with Crippen molar-refractivity contribution in [2.45, 2.75) is 0 Å². The van der Waals surface area contributed by atoms with Gasteiger partial charge in [0.25, 0.3) is 11.6 Å². The van der Waals surface area contributed by atoms with Crippen molar-refractivity contribution in [2.75, 3.05) is 0 Å². The van der Waals surface area contributed by atoms with E-state index in [2.05, 4.69) is 10.5 Å². The van der Waals surface area contributed by atoms with Crippen LogP contribution in [0.2, 0.25) is 0 Å². The number of carbonyl (C=O) groups excluding carboxylic acids is 2. The Labute approximate surface area is 170 Å². The number of phenolic OH excluding ortho intramolecular Hbond substituents is 1. The first-order chi connectivity index (χ1) is 14.4. The number of ether oxygens (including phenoxy) is 1. The third-order valence-corrected chi connectivity index (χ3v) is 3.87. The van der Waals surface area contributed by atoms with Gasteiger partial charge in [0.1, 0.15) is 11.5 Å². The zero-order chi connectivity index (χ0) is 21.5. The molecule has 9 nitrogen and oxygen atoms in total. The highest BCUT2D eigenvalue weighted by molar-refractivity contribution is 5.95. The molecule has 0 saturated heterocycles. The molecule has 0 unspecified atom stereocenters. The standard InChI is InChI=1S/C21H15N3O6/c25-18-6-2-3-15(12-18)20(26)23-22-13-14-7-9-19(10-8-14)30-21(27)16-4-1-5-17(11-16)24(28)29/h1-13,25H,(H,23,26)/b22-13-. The molecule has 0 bridgehead atoms. The minimum Gasteiger partial charge on any atom is -0.508 e. The number of nitro groups is 1. The molecule has 9 heteroatoms. The maximum absolute atomic E-state index is 12.1. The number of hydrogen-bond donors (Lipinski definition) is 2. The fraction of sp³-hybridized carbons (Fsp3) is 0. The van der Waals surface area contributed by atoms with Crippen LogP contribution in [0.15, 0.2) is 77.9 Å². The molecule has 2 N–H and O–H groups in total. The highest BCUT2D eigenvalue weighted by Gasteiger charge is 2.13. The molecule has 0 radical (unpaired) electrons. The SMILES string of the molecule is O=C(N/N=C\c1ccc(OC(=O)c2cccc([N+](=O)[O-])c2)cc1)c1cccc(O)c1. The van der Waals surface area contributed by atoms with E-state index < -0.39 is 16.8 Å². The fourth-order valence-corrected chi connectivity index (χ4v) is 2.41. The first-order valence-electron chi connectivity index (χ1n) is 8.61. The molecule has 0 aliphatic heterocycles. The Morgan fingerprint density at radius 3 is 2.40 bits per heavy atom. The molecule has 0 atom stereocenters. The van der Waals surface area contributed by atoms with E-state index in [1.54, 1.807) is 18.2 Å². The monoisotopic (exact) mass is 405 g/mol. The van der Waals surface area contributed by atoms with E-state index in [9.17, 15) is 24.8 Å². The average molecular weight is 405 g/mol. The molecule has 0 saturated carbocycles. The van der Waals surface area contributed by atoms with Gasteiger partial charge in [0.15, 0.2) is 0 Å². The maximum Gasteiger partial charge on any atom is 0.343 e. The predicted molar refractivity (Wildman–Crippen MR) is 108 cm³/mol. The number of phenols is 1. The van der Waals surface area contributed by atoms with E-state index in [1.807, 2.05) is 0 Å². The molecule has 0 aromatic heterocycles. The van der Waals surface area contributed by atoms with Gasteiger partial charge in [0.2, 0.25) is 0 Å². The van der Waals surface area contributed by atoms with Crippen LogP contribution in [0.4, 0.5) is 5.69 Å². The molecule has 0 aliphatic carbocycles. The van der Waals surface area contributed by atoms with Gasteiger partial charge in [-0.05, 0) is 54.1 Å². The van der Waals surface area contributed by atoms with Crippen LogP contribution in [0.3, 0.4) is 0 Å². The van der Waals surface area contributed by atoms with Crippen molar-refractivity contribution >= 4 is 23.8 Å². The zero-order valence-corrected chi connectivity index (χ0v) is 15.4. The summed E-state index contributed by atoms with van der Waals surface area (Å²) in [5.74, 6) is -0.988. The van der Waals surface area contributed by atoms with Gasteiger partial charge in [-0.2, -0.15) is 5.10 Å². The Morgan fingerprint density at radius 2 is 1.70 bits per heavy atom. The number of amides is 1. The summed E-state index contributed by atoms with van der Waals surface area (Å²) in [4.78, 5) is 34.3. The molecule has 0 spiro atoms. The molecule has 0 fully saturated rings. The minimum atomic E-state index is -0.724. The summed E-state index contributed by atoms with van der Waals surface area (Å²) >= 11 is 0. The van der Waals surface area contributed by atoms with Gasteiger partial charge in [-0.1, -0.05) is 12.1 Å². The lowest BCUT2D eigenvalue weighted by atomic mass is 10.2. The van der Waals surface area contributed by atoms with Crippen LogP contribution >= 0.6 is 0 Å². The zero-order valence-electron chi connectivity index (χ0n) is 15.4. The van der Waals surface area contributed by atoms with Crippen molar-refractivity contribution < 1.29 is 24.4 Å². The lowest BCUT2D eigenvalue weighted by molar-refractivity contribution is -0.384. The molecule has 3 aromatic carbocycles. The third kappa shape index (κ3) is 5.26. The highest BCUT2D eigenvalue weighted by Crippen LogP contribution is 2.17. The van der Waals surface area contributed by atoms with Gasteiger partial charge in [0.05, 0.1) is 16.7 Å². The second kappa shape index (κ2) is 9.11. The van der Waals surface area contributed by atoms with Crippen LogP contribution in [0, 0.1) is 10.1 Å². The van der Waals surface area contributed by atoms with Crippen LogP contribution in [0.5, 0.6) is 11.5 Å². The van der Waals surface area contributed by atoms with Gasteiger partial charge in [-0.25, -0.2) is 10.2 Å². The summed E-state index contributed by atoms with van der Waals surface area (Å²) in [6.07, 6.45) is 1.40. The number of nitrogens with zero attached hydrogens (tertiary/aromatic N) is 2. The van der Waals surface area contributed by atoms with Gasteiger partial charge in [-0.3, -0.25) is 14.9 Å². The van der Waals surface area contributed by atoms with Gasteiger partial charge in [-0.15, -0.1) is 0 Å². The van der Waals surface area contributed by atoms with Crippen molar-refractivity contribution in [1.82, 2.24) is 5.43 Å². The van der Waals surface area contributed by atoms with Crippen LogP contribution in [-0.4, -0.2) is 28.1 Å². The topological polar surface area (TPSA) is 131 Å². The number of nitrogens with one attached hydrogen (secondary N) is 1. The Hall–Kier alpha value is -4.53. The van der Waals surface area contributed by atoms with E-state index in [-0.39, 0.29) is 28.3 Å². The van der Waals surface area contributed by atoms with Crippen LogP contribution in [-0.2, 0) is 0 Å². The number of aromatic hydroxyl groups is 1. The number of carbonyl (C=O) groups is 2. The molecule has 3 rings (SSSR count). The molecule has 0 aliphatic rings. The van der Waals surface area contributed by atoms with Gasteiger partial charge in [0, 0.05) is 17.7 Å². The van der Waals surface area contributed by atoms with E-state index in [0.717, 1.165) is 6.07 Å². The summed E-state index contributed by atoms with van der Waals surface area (Å²) in [6.45, 7) is 0. The number of non-ortho nitro benzene ring substituents is 1. The van der Waals surface area contributed by atoms with E-state index in [1.165, 1.54) is 54.7 Å². The van der Waals surface area contributed by atoms with E-state index >= 15 is 0 Å². The normalized spacial score (nSPS) is 10.5. The first-order valence-corrected chi connectivity index (χ1v) is 8.61. The number of rotatable bonds is 6. The Bertz CT molecular complexity index is 1130. The van der Waals surface area contributed by atoms with Crippen LogP contribution in [0.1, 0.15) is 26.3 Å². The highest BCUT2D eigenvalue weighted by atomic mass is 16.6. The summed E-state index contributed by atoms with van der Waals surface area (Å²) in [5, 5.41) is 24.0. The second-order valence-electron chi connectivity index (χ2n) is 6.02. The minimum absolute atomic E-state index is 0.0260. The van der Waals surface area contributed by atoms with Crippen molar-refractivity contribution in [3.63, 3.8) is 0 Å². The molecule has 30 heavy (non-hydrogen) atoms. The molecule has 3 aromatic rings. The molecule has 0 heterocycles. The summed E-state index contributed by atoms with van der Waals surface area (Å²) < 4.78 is 5.20. The molecular formula is C21H15N3O6. The lowest BCUT2D eigenvalue weighted by Crippen LogP contribution is -2.17. The van der Waals surface area contributed by atoms with Crippen molar-refractivity contribution in [3.8, 4) is 11.5 Å². The number of hydrogen-bond acceptors (Lipinski definition) is 7. The predicted octanol–water partition coefficient (Wildman–Crippen LogP) is 3.28. The summed E-state index contributed by atoms with van der Waals surface area (Å²) in [6, 6.07) is 17.4. The molecular weight excluding hydrogens is 390 g/mol. The van der Waals surface area contributed by atoms with Crippen LogP contribution < -0.4 is 10.2 Å². The number of hydrazone groups is 1. The second-order valence-corrected chi connectivity index (χ2v) is 6.02. The smallest absolute Gasteiger partial charge is 0.343 e. The third-order valence-electron chi connectivity index (χ3n) is 3.87. The van der Waals surface area contributed by atoms with Crippen molar-refractivity contribution in [3.05, 3.63) is 99.6 Å². The average Bonchev–Trinajstić information content (AvgIpc) is 2.75. The Balaban J connectivity index is 1.59. The molecule has 1 amide bonds. The quantitative estimate of drug-likeness (QED) is 0.213. The number of esters is 1. The van der Waals surface area contributed by atoms with Crippen molar-refractivity contribution in [2.24, 2.45) is 5.10 Å². The molecule has 150 valence electrons.